The van der Waals surface area contributed by atoms with E-state index in [1.165, 1.54) is 7.11 Å². The third kappa shape index (κ3) is 5.16. The van der Waals surface area contributed by atoms with Crippen LogP contribution in [0.1, 0.15) is 34.3 Å². The van der Waals surface area contributed by atoms with Crippen molar-refractivity contribution >= 4 is 11.8 Å². The number of ether oxygens (including phenoxy) is 1. The maximum absolute atomic E-state index is 12.6. The maximum atomic E-state index is 12.6. The smallest absolute Gasteiger partial charge is 0.305 e. The molecule has 4 nitrogen and oxygen atoms in total. The average Bonchev–Trinajstić information content (AvgIpc) is 2.49. The van der Waals surface area contributed by atoms with Gasteiger partial charge >= 0.3 is 5.97 Å². The van der Waals surface area contributed by atoms with Crippen LogP contribution in [-0.2, 0) is 9.53 Å². The fourth-order valence-electron chi connectivity index (χ4n) is 2.01. The SMILES string of the molecule is C=CCNC(CCC(=O)OC)C(=O)c1ccc(C)c(C)c1. The standard InChI is InChI=1S/C17H23NO3/c1-5-10-18-15(8-9-16(19)21-4)17(20)14-7-6-12(2)13(3)11-14/h5-7,11,15,18H,1,8-10H2,2-4H3. The van der Waals surface area contributed by atoms with Crippen molar-refractivity contribution in [3.05, 3.63) is 47.5 Å². The van der Waals surface area contributed by atoms with Crippen molar-refractivity contribution in [1.82, 2.24) is 5.32 Å². The third-order valence-corrected chi connectivity index (χ3v) is 3.48. The minimum absolute atomic E-state index is 0.0103. The Labute approximate surface area is 126 Å². The zero-order valence-electron chi connectivity index (χ0n) is 12.9. The van der Waals surface area contributed by atoms with E-state index < -0.39 is 6.04 Å². The molecule has 1 atom stereocenters. The van der Waals surface area contributed by atoms with Gasteiger partial charge in [0.05, 0.1) is 13.2 Å². The number of hydrogen-bond acceptors (Lipinski definition) is 4. The van der Waals surface area contributed by atoms with Crippen molar-refractivity contribution in [2.75, 3.05) is 13.7 Å². The molecule has 0 fully saturated rings. The zero-order chi connectivity index (χ0) is 15.8. The number of nitrogens with one attached hydrogen (secondary N) is 1. The van der Waals surface area contributed by atoms with Crippen molar-refractivity contribution in [2.24, 2.45) is 0 Å². The first-order valence-corrected chi connectivity index (χ1v) is 7.02. The number of ketones is 1. The second kappa shape index (κ2) is 8.37. The second-order valence-electron chi connectivity index (χ2n) is 5.03. The van der Waals surface area contributed by atoms with Gasteiger partial charge in [-0.2, -0.15) is 0 Å². The quantitative estimate of drug-likeness (QED) is 0.454. The summed E-state index contributed by atoms with van der Waals surface area (Å²) in [4.78, 5) is 23.8. The Hall–Kier alpha value is -1.94. The molecule has 1 rings (SSSR count). The molecular weight excluding hydrogens is 266 g/mol. The van der Waals surface area contributed by atoms with Gasteiger partial charge in [0.1, 0.15) is 0 Å². The fraction of sp³-hybridized carbons (Fsp3) is 0.412. The van der Waals surface area contributed by atoms with Crippen LogP contribution in [0.25, 0.3) is 0 Å². The van der Waals surface area contributed by atoms with Crippen LogP contribution in [0.3, 0.4) is 0 Å². The van der Waals surface area contributed by atoms with Crippen LogP contribution >= 0.6 is 0 Å². The van der Waals surface area contributed by atoms with Gasteiger partial charge in [-0.3, -0.25) is 9.59 Å². The van der Waals surface area contributed by atoms with Gasteiger partial charge in [0.2, 0.25) is 0 Å². The van der Waals surface area contributed by atoms with Crippen molar-refractivity contribution in [2.45, 2.75) is 32.7 Å². The summed E-state index contributed by atoms with van der Waals surface area (Å²) in [6, 6.07) is 5.24. The molecule has 0 saturated carbocycles. The molecule has 0 spiro atoms. The molecule has 0 amide bonds. The topological polar surface area (TPSA) is 55.4 Å². The van der Waals surface area contributed by atoms with Crippen LogP contribution in [0.4, 0.5) is 0 Å². The van der Waals surface area contributed by atoms with Crippen molar-refractivity contribution in [1.29, 1.82) is 0 Å². The molecule has 1 aromatic rings. The van der Waals surface area contributed by atoms with E-state index in [2.05, 4.69) is 16.6 Å². The maximum Gasteiger partial charge on any atom is 0.305 e. The molecule has 0 saturated heterocycles. The van der Waals surface area contributed by atoms with Gasteiger partial charge in [-0.05, 0) is 37.5 Å². The van der Waals surface area contributed by atoms with E-state index in [1.54, 1.807) is 6.08 Å². The molecule has 0 aliphatic heterocycles. The second-order valence-corrected chi connectivity index (χ2v) is 5.03. The highest BCUT2D eigenvalue weighted by Crippen LogP contribution is 2.14. The molecule has 1 N–H and O–H groups in total. The monoisotopic (exact) mass is 289 g/mol. The number of carbonyl (C=O) groups is 2. The van der Waals surface area contributed by atoms with Gasteiger partial charge in [0.25, 0.3) is 0 Å². The predicted octanol–water partition coefficient (Wildman–Crippen LogP) is 2.58. The number of hydrogen-bond donors (Lipinski definition) is 1. The van der Waals surface area contributed by atoms with E-state index >= 15 is 0 Å². The van der Waals surface area contributed by atoms with Crippen molar-refractivity contribution < 1.29 is 14.3 Å². The number of Topliss-reactive ketones (excluding diaryl/α,β-unsaturated/α-hetero) is 1. The summed E-state index contributed by atoms with van der Waals surface area (Å²) < 4.78 is 4.63. The van der Waals surface area contributed by atoms with Gasteiger partial charge in [-0.15, -0.1) is 6.58 Å². The molecule has 114 valence electrons. The van der Waals surface area contributed by atoms with E-state index in [4.69, 9.17) is 0 Å². The number of rotatable bonds is 8. The molecule has 0 aliphatic rings. The molecule has 0 bridgehead atoms. The lowest BCUT2D eigenvalue weighted by atomic mass is 9.97. The largest absolute Gasteiger partial charge is 0.469 e. The Morgan fingerprint density at radius 3 is 2.62 bits per heavy atom. The Bertz CT molecular complexity index is 523. The van der Waals surface area contributed by atoms with Gasteiger partial charge in [-0.25, -0.2) is 0 Å². The number of benzene rings is 1. The number of methoxy groups -OCH3 is 1. The van der Waals surface area contributed by atoms with Gasteiger partial charge < -0.3 is 10.1 Å². The number of aryl methyl sites for hydroxylation is 2. The zero-order valence-corrected chi connectivity index (χ0v) is 12.9. The van der Waals surface area contributed by atoms with E-state index in [0.29, 0.717) is 18.5 Å². The van der Waals surface area contributed by atoms with Gasteiger partial charge in [-0.1, -0.05) is 18.2 Å². The van der Waals surface area contributed by atoms with Crippen LogP contribution in [0.15, 0.2) is 30.9 Å². The molecule has 0 radical (unpaired) electrons. The lowest BCUT2D eigenvalue weighted by Crippen LogP contribution is -2.37. The van der Waals surface area contributed by atoms with E-state index in [-0.39, 0.29) is 18.2 Å². The predicted molar refractivity (Wildman–Crippen MR) is 83.5 cm³/mol. The Balaban J connectivity index is 2.84. The van der Waals surface area contributed by atoms with E-state index in [0.717, 1.165) is 11.1 Å². The van der Waals surface area contributed by atoms with Gasteiger partial charge in [0, 0.05) is 18.5 Å². The van der Waals surface area contributed by atoms with Crippen LogP contribution in [0.5, 0.6) is 0 Å². The van der Waals surface area contributed by atoms with Gasteiger partial charge in [0.15, 0.2) is 5.78 Å². The molecule has 21 heavy (non-hydrogen) atoms. The van der Waals surface area contributed by atoms with E-state index in [1.807, 2.05) is 32.0 Å². The summed E-state index contributed by atoms with van der Waals surface area (Å²) in [7, 11) is 1.35. The Kier molecular flexibility index (Phi) is 6.82. The highest BCUT2D eigenvalue weighted by molar-refractivity contribution is 6.00. The normalized spacial score (nSPS) is 11.8. The van der Waals surface area contributed by atoms with Crippen LogP contribution < -0.4 is 5.32 Å². The molecule has 4 heteroatoms. The first-order chi connectivity index (χ1) is 9.99. The molecule has 0 aromatic heterocycles. The first-order valence-electron chi connectivity index (χ1n) is 7.02. The third-order valence-electron chi connectivity index (χ3n) is 3.48. The van der Waals surface area contributed by atoms with E-state index in [9.17, 15) is 9.59 Å². The average molecular weight is 289 g/mol. The molecule has 0 heterocycles. The molecule has 1 unspecified atom stereocenters. The first kappa shape index (κ1) is 17.1. The van der Waals surface area contributed by atoms with Crippen LogP contribution in [0, 0.1) is 13.8 Å². The Morgan fingerprint density at radius 2 is 2.05 bits per heavy atom. The highest BCUT2D eigenvalue weighted by Gasteiger charge is 2.20. The number of esters is 1. The fourth-order valence-corrected chi connectivity index (χ4v) is 2.01. The minimum atomic E-state index is -0.413. The lowest BCUT2D eigenvalue weighted by Gasteiger charge is -2.17. The van der Waals surface area contributed by atoms with Crippen molar-refractivity contribution in [3.8, 4) is 0 Å². The Morgan fingerprint density at radius 1 is 1.33 bits per heavy atom. The number of carbonyl (C=O) groups excluding carboxylic acids is 2. The van der Waals surface area contributed by atoms with Crippen LogP contribution in [0.2, 0.25) is 0 Å². The summed E-state index contributed by atoms with van der Waals surface area (Å²) >= 11 is 0. The summed E-state index contributed by atoms with van der Waals surface area (Å²) in [6.45, 7) is 8.14. The lowest BCUT2D eigenvalue weighted by molar-refractivity contribution is -0.140. The summed E-state index contributed by atoms with van der Waals surface area (Å²) in [6.07, 6.45) is 2.31. The molecule has 1 aromatic carbocycles. The minimum Gasteiger partial charge on any atom is -0.469 e. The summed E-state index contributed by atoms with van der Waals surface area (Å²) in [5, 5.41) is 3.11. The van der Waals surface area contributed by atoms with Crippen LogP contribution in [-0.4, -0.2) is 31.4 Å². The summed E-state index contributed by atoms with van der Waals surface area (Å²) in [5.41, 5.74) is 2.89. The highest BCUT2D eigenvalue weighted by atomic mass is 16.5. The summed E-state index contributed by atoms with van der Waals surface area (Å²) in [5.74, 6) is -0.322. The van der Waals surface area contributed by atoms with Crippen molar-refractivity contribution in [3.63, 3.8) is 0 Å². The molecule has 0 aliphatic carbocycles. The molecular formula is C17H23NO3.